The normalized spacial score (nSPS) is 24.3. The van der Waals surface area contributed by atoms with Crippen LogP contribution in [0.5, 0.6) is 0 Å². The zero-order chi connectivity index (χ0) is 17.3. The van der Waals surface area contributed by atoms with Crippen LogP contribution in [0.2, 0.25) is 0 Å². The molecule has 2 fully saturated rings. The lowest BCUT2D eigenvalue weighted by atomic mass is 9.92. The van der Waals surface area contributed by atoms with Crippen LogP contribution in [0.4, 0.5) is 4.79 Å². The van der Waals surface area contributed by atoms with Gasteiger partial charge in [0.05, 0.1) is 11.7 Å². The molecule has 1 aliphatic heterocycles. The minimum Gasteiger partial charge on any atom is -0.427 e. The molecule has 1 aliphatic carbocycles. The first-order valence-electron chi connectivity index (χ1n) is 8.23. The van der Waals surface area contributed by atoms with E-state index in [2.05, 4.69) is 5.10 Å². The van der Waals surface area contributed by atoms with E-state index in [1.807, 2.05) is 24.6 Å². The molecule has 130 valence electrons. The van der Waals surface area contributed by atoms with E-state index in [-0.39, 0.29) is 18.9 Å². The fourth-order valence-corrected chi connectivity index (χ4v) is 3.35. The van der Waals surface area contributed by atoms with Crippen molar-refractivity contribution in [2.45, 2.75) is 64.5 Å². The number of hydrogen-bond donors (Lipinski definition) is 0. The molecule has 1 saturated carbocycles. The smallest absolute Gasteiger partial charge is 0.427 e. The van der Waals surface area contributed by atoms with Crippen molar-refractivity contribution in [2.24, 2.45) is 0 Å². The zero-order valence-electron chi connectivity index (χ0n) is 13.9. The van der Waals surface area contributed by atoms with Gasteiger partial charge in [-0.2, -0.15) is 5.10 Å². The standard InChI is InChI=1S/C16H21N3O5/c1-10-9-11(2)18(17-10)12-5-3-4-6-13(12)23-16(22)24-19-14(20)7-8-15(19)21/h9,12-13H,3-8H2,1-2H3/t12-,13-/m1/s1. The first kappa shape index (κ1) is 16.5. The lowest BCUT2D eigenvalue weighted by Crippen LogP contribution is -2.37. The molecule has 1 aromatic rings. The van der Waals surface area contributed by atoms with Gasteiger partial charge in [0.2, 0.25) is 0 Å². The van der Waals surface area contributed by atoms with Gasteiger partial charge in [0.1, 0.15) is 6.10 Å². The fourth-order valence-electron chi connectivity index (χ4n) is 3.35. The van der Waals surface area contributed by atoms with Crippen LogP contribution in [-0.4, -0.2) is 38.9 Å². The summed E-state index contributed by atoms with van der Waals surface area (Å²) in [4.78, 5) is 39.8. The quantitative estimate of drug-likeness (QED) is 0.621. The molecule has 2 heterocycles. The van der Waals surface area contributed by atoms with Crippen LogP contribution >= 0.6 is 0 Å². The van der Waals surface area contributed by atoms with Gasteiger partial charge in [0.15, 0.2) is 0 Å². The van der Waals surface area contributed by atoms with Gasteiger partial charge in [-0.1, -0.05) is 11.5 Å². The maximum atomic E-state index is 12.0. The Morgan fingerprint density at radius 2 is 1.83 bits per heavy atom. The third-order valence-corrected chi connectivity index (χ3v) is 4.45. The number of ether oxygens (including phenoxy) is 1. The van der Waals surface area contributed by atoms with Gasteiger partial charge in [-0.05, 0) is 39.2 Å². The van der Waals surface area contributed by atoms with Crippen molar-refractivity contribution >= 4 is 18.0 Å². The predicted octanol–water partition coefficient (Wildman–Crippen LogP) is 2.20. The van der Waals surface area contributed by atoms with E-state index in [9.17, 15) is 14.4 Å². The van der Waals surface area contributed by atoms with E-state index in [0.717, 1.165) is 30.7 Å². The highest BCUT2D eigenvalue weighted by Crippen LogP contribution is 2.32. The maximum absolute atomic E-state index is 12.0. The van der Waals surface area contributed by atoms with Crippen LogP contribution in [0.15, 0.2) is 6.07 Å². The topological polar surface area (TPSA) is 90.7 Å². The Labute approximate surface area is 139 Å². The summed E-state index contributed by atoms with van der Waals surface area (Å²) in [5, 5.41) is 4.99. The summed E-state index contributed by atoms with van der Waals surface area (Å²) in [6.45, 7) is 3.88. The van der Waals surface area contributed by atoms with Gasteiger partial charge in [0.25, 0.3) is 11.8 Å². The number of carbonyl (C=O) groups is 3. The summed E-state index contributed by atoms with van der Waals surface area (Å²) < 4.78 is 7.30. The van der Waals surface area contributed by atoms with Gasteiger partial charge in [-0.15, -0.1) is 0 Å². The van der Waals surface area contributed by atoms with Crippen molar-refractivity contribution in [1.29, 1.82) is 0 Å². The monoisotopic (exact) mass is 335 g/mol. The van der Waals surface area contributed by atoms with Crippen LogP contribution in [-0.2, 0) is 19.2 Å². The highest BCUT2D eigenvalue weighted by Gasteiger charge is 2.36. The SMILES string of the molecule is Cc1cc(C)n([C@@H]2CCCC[C@H]2OC(=O)ON2C(=O)CCC2=O)n1. The second kappa shape index (κ2) is 6.62. The number of amides is 2. The minimum atomic E-state index is -1.02. The first-order chi connectivity index (χ1) is 11.5. The molecule has 2 aliphatic rings. The fraction of sp³-hybridized carbons (Fsp3) is 0.625. The molecular weight excluding hydrogens is 314 g/mol. The van der Waals surface area contributed by atoms with Crippen molar-refractivity contribution in [3.05, 3.63) is 17.5 Å². The van der Waals surface area contributed by atoms with E-state index in [0.29, 0.717) is 11.5 Å². The number of aromatic nitrogens is 2. The number of carbonyl (C=O) groups excluding carboxylic acids is 3. The van der Waals surface area contributed by atoms with Crippen molar-refractivity contribution < 1.29 is 24.0 Å². The summed E-state index contributed by atoms with van der Waals surface area (Å²) in [6, 6.07) is 1.91. The number of hydroxylamine groups is 2. The third kappa shape index (κ3) is 3.27. The number of aryl methyl sites for hydroxylation is 2. The third-order valence-electron chi connectivity index (χ3n) is 4.45. The molecule has 0 unspecified atom stereocenters. The molecule has 0 N–H and O–H groups in total. The average Bonchev–Trinajstić information content (AvgIpc) is 3.03. The van der Waals surface area contributed by atoms with Crippen molar-refractivity contribution in [3.8, 4) is 0 Å². The Morgan fingerprint density at radius 1 is 1.17 bits per heavy atom. The Morgan fingerprint density at radius 3 is 2.46 bits per heavy atom. The number of nitrogens with zero attached hydrogens (tertiary/aromatic N) is 3. The van der Waals surface area contributed by atoms with Crippen molar-refractivity contribution in [2.75, 3.05) is 0 Å². The zero-order valence-corrected chi connectivity index (χ0v) is 13.9. The second-order valence-corrected chi connectivity index (χ2v) is 6.30. The lowest BCUT2D eigenvalue weighted by Gasteiger charge is -2.31. The Kier molecular flexibility index (Phi) is 4.55. The van der Waals surface area contributed by atoms with Crippen LogP contribution in [0.1, 0.15) is 56.0 Å². The van der Waals surface area contributed by atoms with Gasteiger partial charge in [0, 0.05) is 18.5 Å². The summed E-state index contributed by atoms with van der Waals surface area (Å²) in [5.41, 5.74) is 1.92. The van der Waals surface area contributed by atoms with E-state index >= 15 is 0 Å². The van der Waals surface area contributed by atoms with Gasteiger partial charge in [-0.25, -0.2) is 4.79 Å². The second-order valence-electron chi connectivity index (χ2n) is 6.30. The van der Waals surface area contributed by atoms with E-state index in [1.165, 1.54) is 0 Å². The predicted molar refractivity (Wildman–Crippen MR) is 81.6 cm³/mol. The summed E-state index contributed by atoms with van der Waals surface area (Å²) in [6.07, 6.45) is 2.22. The van der Waals surface area contributed by atoms with Crippen molar-refractivity contribution in [3.63, 3.8) is 0 Å². The molecule has 0 spiro atoms. The molecule has 0 bridgehead atoms. The lowest BCUT2D eigenvalue weighted by molar-refractivity contribution is -0.179. The molecule has 0 radical (unpaired) electrons. The van der Waals surface area contributed by atoms with Gasteiger partial charge < -0.3 is 4.74 Å². The van der Waals surface area contributed by atoms with E-state index in [1.54, 1.807) is 0 Å². The van der Waals surface area contributed by atoms with Crippen LogP contribution < -0.4 is 0 Å². The Bertz CT molecular complexity index is 653. The summed E-state index contributed by atoms with van der Waals surface area (Å²) in [7, 11) is 0. The summed E-state index contributed by atoms with van der Waals surface area (Å²) >= 11 is 0. The molecule has 3 rings (SSSR count). The highest BCUT2D eigenvalue weighted by molar-refractivity contribution is 6.01. The molecule has 0 aromatic carbocycles. The minimum absolute atomic E-state index is 0.0595. The number of rotatable bonds is 3. The maximum Gasteiger partial charge on any atom is 0.534 e. The van der Waals surface area contributed by atoms with E-state index in [4.69, 9.17) is 9.57 Å². The number of hydrogen-bond acceptors (Lipinski definition) is 6. The number of imide groups is 1. The highest BCUT2D eigenvalue weighted by atomic mass is 16.8. The average molecular weight is 335 g/mol. The molecule has 1 aromatic heterocycles. The Hall–Kier alpha value is -2.38. The van der Waals surface area contributed by atoms with Crippen LogP contribution in [0.3, 0.4) is 0 Å². The largest absolute Gasteiger partial charge is 0.534 e. The van der Waals surface area contributed by atoms with Crippen LogP contribution in [0, 0.1) is 13.8 Å². The van der Waals surface area contributed by atoms with Crippen molar-refractivity contribution in [1.82, 2.24) is 14.8 Å². The molecule has 2 amide bonds. The van der Waals surface area contributed by atoms with E-state index < -0.39 is 24.1 Å². The molecule has 8 heteroatoms. The molecule has 24 heavy (non-hydrogen) atoms. The Balaban J connectivity index is 1.67. The summed E-state index contributed by atoms with van der Waals surface area (Å²) in [5.74, 6) is -1.04. The van der Waals surface area contributed by atoms with Gasteiger partial charge in [-0.3, -0.25) is 19.1 Å². The molecule has 8 nitrogen and oxygen atoms in total. The molecule has 1 saturated heterocycles. The molecular formula is C16H21N3O5. The van der Waals surface area contributed by atoms with Crippen LogP contribution in [0.25, 0.3) is 0 Å². The first-order valence-corrected chi connectivity index (χ1v) is 8.23. The molecule has 2 atom stereocenters. The van der Waals surface area contributed by atoms with Gasteiger partial charge >= 0.3 is 6.16 Å².